The van der Waals surface area contributed by atoms with Gasteiger partial charge in [-0.25, -0.2) is 13.2 Å². The Morgan fingerprint density at radius 3 is 2.20 bits per heavy atom. The van der Waals surface area contributed by atoms with Gasteiger partial charge in [0.1, 0.15) is 5.75 Å². The fraction of sp³-hybridized carbons (Fsp3) is 0.0556. The second kappa shape index (κ2) is 6.10. The van der Waals surface area contributed by atoms with Crippen LogP contribution in [-0.2, 0) is 10.0 Å². The predicted octanol–water partition coefficient (Wildman–Crippen LogP) is 3.35. The van der Waals surface area contributed by atoms with Crippen molar-refractivity contribution in [3.8, 4) is 5.75 Å². The molecule has 0 heterocycles. The summed E-state index contributed by atoms with van der Waals surface area (Å²) in [6.45, 7) is 1.63. The summed E-state index contributed by atoms with van der Waals surface area (Å²) in [5.74, 6) is -1.05. The Morgan fingerprint density at radius 2 is 1.60 bits per heavy atom. The van der Waals surface area contributed by atoms with Gasteiger partial charge in [-0.2, -0.15) is 0 Å². The molecule has 0 saturated heterocycles. The first kappa shape index (κ1) is 16.8. The average Bonchev–Trinajstić information content (AvgIpc) is 2.58. The number of fused-ring (bicyclic) bond motifs is 1. The lowest BCUT2D eigenvalue weighted by Crippen LogP contribution is -2.14. The van der Waals surface area contributed by atoms with Crippen LogP contribution in [0.4, 0.5) is 5.69 Å². The van der Waals surface area contributed by atoms with E-state index in [1.54, 1.807) is 31.2 Å². The van der Waals surface area contributed by atoms with Crippen molar-refractivity contribution < 1.29 is 23.4 Å². The van der Waals surface area contributed by atoms with Crippen LogP contribution in [0.3, 0.4) is 0 Å². The summed E-state index contributed by atoms with van der Waals surface area (Å²) in [5.41, 5.74) is 0.758. The summed E-state index contributed by atoms with van der Waals surface area (Å²) < 4.78 is 28.0. The van der Waals surface area contributed by atoms with E-state index < -0.39 is 16.0 Å². The van der Waals surface area contributed by atoms with E-state index in [0.29, 0.717) is 16.3 Å². The summed E-state index contributed by atoms with van der Waals surface area (Å²) in [5, 5.41) is 19.9. The zero-order valence-electron chi connectivity index (χ0n) is 13.2. The van der Waals surface area contributed by atoms with Gasteiger partial charge >= 0.3 is 5.97 Å². The molecule has 0 spiro atoms. The minimum absolute atomic E-state index is 0.0420. The molecular weight excluding hydrogens is 342 g/mol. The van der Waals surface area contributed by atoms with Gasteiger partial charge in [0.2, 0.25) is 0 Å². The first-order chi connectivity index (χ1) is 11.8. The summed E-state index contributed by atoms with van der Waals surface area (Å²) in [6, 6.07) is 13.5. The first-order valence-electron chi connectivity index (χ1n) is 7.37. The van der Waals surface area contributed by atoms with E-state index in [-0.39, 0.29) is 21.9 Å². The van der Waals surface area contributed by atoms with Crippen molar-refractivity contribution >= 4 is 32.5 Å². The number of aromatic carboxylic acids is 1. The second-order valence-corrected chi connectivity index (χ2v) is 7.22. The molecule has 0 amide bonds. The number of anilines is 1. The summed E-state index contributed by atoms with van der Waals surface area (Å²) in [4.78, 5) is 10.9. The van der Waals surface area contributed by atoms with E-state index >= 15 is 0 Å². The molecule has 0 bridgehead atoms. The molecule has 25 heavy (non-hydrogen) atoms. The lowest BCUT2D eigenvalue weighted by molar-refractivity contribution is 0.0697. The molecule has 0 saturated carbocycles. The molecule has 0 aromatic heterocycles. The zero-order valence-corrected chi connectivity index (χ0v) is 14.0. The number of carboxylic acid groups (broad SMARTS) is 1. The number of hydrogen-bond donors (Lipinski definition) is 3. The highest BCUT2D eigenvalue weighted by Gasteiger charge is 2.20. The van der Waals surface area contributed by atoms with Crippen LogP contribution in [0.1, 0.15) is 15.9 Å². The van der Waals surface area contributed by atoms with Gasteiger partial charge in [-0.3, -0.25) is 4.72 Å². The van der Waals surface area contributed by atoms with Crippen molar-refractivity contribution in [1.29, 1.82) is 0 Å². The topological polar surface area (TPSA) is 104 Å². The Morgan fingerprint density at radius 1 is 1.00 bits per heavy atom. The fourth-order valence-corrected chi connectivity index (χ4v) is 3.93. The molecule has 6 nitrogen and oxygen atoms in total. The average molecular weight is 357 g/mol. The van der Waals surface area contributed by atoms with Crippen molar-refractivity contribution in [2.24, 2.45) is 0 Å². The van der Waals surface area contributed by atoms with Gasteiger partial charge in [0.15, 0.2) is 0 Å². The van der Waals surface area contributed by atoms with Crippen LogP contribution in [0.5, 0.6) is 5.75 Å². The van der Waals surface area contributed by atoms with Crippen LogP contribution in [0.2, 0.25) is 0 Å². The Kier molecular flexibility index (Phi) is 4.10. The standard InChI is InChI=1S/C18H15NO5S/c1-11-10-16(14-4-2-3-5-15(14)17(11)20)25(23,24)19-13-8-6-12(7-9-13)18(21)22/h2-10,19-20H,1H3,(H,21,22). The maximum Gasteiger partial charge on any atom is 0.335 e. The Labute approximate surface area is 144 Å². The molecule has 0 atom stereocenters. The molecule has 3 aromatic carbocycles. The molecule has 0 aliphatic rings. The maximum absolute atomic E-state index is 12.8. The number of aryl methyl sites for hydroxylation is 1. The Bertz CT molecular complexity index is 1070. The number of aromatic hydroxyl groups is 1. The normalized spacial score (nSPS) is 11.4. The third-order valence-electron chi connectivity index (χ3n) is 3.84. The lowest BCUT2D eigenvalue weighted by Gasteiger charge is -2.13. The second-order valence-electron chi connectivity index (χ2n) is 5.57. The van der Waals surface area contributed by atoms with E-state index in [2.05, 4.69) is 4.72 Å². The number of carbonyl (C=O) groups is 1. The van der Waals surface area contributed by atoms with Crippen molar-refractivity contribution in [2.45, 2.75) is 11.8 Å². The van der Waals surface area contributed by atoms with Crippen LogP contribution < -0.4 is 4.72 Å². The molecule has 0 aliphatic carbocycles. The number of phenolic OH excluding ortho intramolecular Hbond substituents is 1. The van der Waals surface area contributed by atoms with Gasteiger partial charge in [0.25, 0.3) is 10.0 Å². The quantitative estimate of drug-likeness (QED) is 0.664. The van der Waals surface area contributed by atoms with Gasteiger partial charge in [-0.15, -0.1) is 0 Å². The number of hydrogen-bond acceptors (Lipinski definition) is 4. The largest absolute Gasteiger partial charge is 0.507 e. The van der Waals surface area contributed by atoms with E-state index in [0.717, 1.165) is 0 Å². The van der Waals surface area contributed by atoms with Crippen molar-refractivity contribution in [2.75, 3.05) is 4.72 Å². The minimum atomic E-state index is -3.92. The summed E-state index contributed by atoms with van der Waals surface area (Å²) in [6.07, 6.45) is 0. The van der Waals surface area contributed by atoms with Crippen LogP contribution in [0, 0.1) is 6.92 Å². The molecule has 0 aliphatic heterocycles. The van der Waals surface area contributed by atoms with Crippen LogP contribution in [0.25, 0.3) is 10.8 Å². The number of carboxylic acids is 1. The van der Waals surface area contributed by atoms with Crippen LogP contribution >= 0.6 is 0 Å². The highest BCUT2D eigenvalue weighted by Crippen LogP contribution is 2.34. The highest BCUT2D eigenvalue weighted by atomic mass is 32.2. The maximum atomic E-state index is 12.8. The third kappa shape index (κ3) is 3.14. The van der Waals surface area contributed by atoms with Gasteiger partial charge in [0, 0.05) is 16.5 Å². The van der Waals surface area contributed by atoms with Crippen LogP contribution in [0.15, 0.2) is 59.5 Å². The first-order valence-corrected chi connectivity index (χ1v) is 8.85. The molecule has 3 N–H and O–H groups in total. The highest BCUT2D eigenvalue weighted by molar-refractivity contribution is 7.93. The molecule has 3 aromatic rings. The minimum Gasteiger partial charge on any atom is -0.507 e. The van der Waals surface area contributed by atoms with E-state index in [4.69, 9.17) is 5.11 Å². The predicted molar refractivity (Wildman–Crippen MR) is 94.6 cm³/mol. The van der Waals surface area contributed by atoms with Crippen molar-refractivity contribution in [3.05, 3.63) is 65.7 Å². The van der Waals surface area contributed by atoms with E-state index in [1.165, 1.54) is 30.3 Å². The Hall–Kier alpha value is -3.06. The SMILES string of the molecule is Cc1cc(S(=O)(=O)Nc2ccc(C(=O)O)cc2)c2ccccc2c1O. The monoisotopic (exact) mass is 357 g/mol. The van der Waals surface area contributed by atoms with Gasteiger partial charge < -0.3 is 10.2 Å². The van der Waals surface area contributed by atoms with Crippen LogP contribution in [-0.4, -0.2) is 24.6 Å². The van der Waals surface area contributed by atoms with E-state index in [9.17, 15) is 18.3 Å². The van der Waals surface area contributed by atoms with Crippen molar-refractivity contribution in [1.82, 2.24) is 0 Å². The molecular formula is C18H15NO5S. The van der Waals surface area contributed by atoms with Gasteiger partial charge in [-0.1, -0.05) is 24.3 Å². The van der Waals surface area contributed by atoms with Gasteiger partial charge in [0.05, 0.1) is 10.5 Å². The molecule has 7 heteroatoms. The zero-order chi connectivity index (χ0) is 18.2. The third-order valence-corrected chi connectivity index (χ3v) is 5.26. The lowest BCUT2D eigenvalue weighted by atomic mass is 10.1. The molecule has 128 valence electrons. The molecule has 0 unspecified atom stereocenters. The number of sulfonamides is 1. The molecule has 3 rings (SSSR count). The number of benzene rings is 3. The molecule has 0 radical (unpaired) electrons. The smallest absolute Gasteiger partial charge is 0.335 e. The summed E-state index contributed by atoms with van der Waals surface area (Å²) >= 11 is 0. The number of nitrogens with one attached hydrogen (secondary N) is 1. The molecule has 0 fully saturated rings. The van der Waals surface area contributed by atoms with Crippen molar-refractivity contribution in [3.63, 3.8) is 0 Å². The fourth-order valence-electron chi connectivity index (χ4n) is 2.57. The van der Waals surface area contributed by atoms with Gasteiger partial charge in [-0.05, 0) is 42.8 Å². The van der Waals surface area contributed by atoms with E-state index in [1.807, 2.05) is 0 Å². The number of phenols is 1. The summed E-state index contributed by atoms with van der Waals surface area (Å²) in [7, 11) is -3.92. The number of rotatable bonds is 4. The Balaban J connectivity index is 2.07.